The zero-order chi connectivity index (χ0) is 21.3. The Morgan fingerprint density at radius 2 is 1.52 bits per heavy atom. The van der Waals surface area contributed by atoms with Crippen molar-refractivity contribution in [3.63, 3.8) is 0 Å². The van der Waals surface area contributed by atoms with Crippen LogP contribution < -0.4 is 8.32 Å². The summed E-state index contributed by atoms with van der Waals surface area (Å²) in [5.74, 6) is 0.291. The standard InChI is InChI=1S/C12H10NO3.3C4H9.Sn/c1-15-10-7-9(12(14)16-2)6-8-4-3-5-13-11(8)10;3*1-3-4-2;/h4-7H,1-2H3;3*1,3-4H2,2H3;. The quantitative estimate of drug-likeness (QED) is 0.259. The van der Waals surface area contributed by atoms with Crippen LogP contribution >= 0.6 is 0 Å². The number of nitrogens with zero attached hydrogens (tertiary/aromatic N) is 1. The summed E-state index contributed by atoms with van der Waals surface area (Å²) in [6, 6.07) is 5.97. The molecule has 2 aromatic rings. The third-order valence-electron chi connectivity index (χ3n) is 6.03. The molecule has 2 rings (SSSR count). The van der Waals surface area contributed by atoms with Gasteiger partial charge in [0.05, 0.1) is 0 Å². The van der Waals surface area contributed by atoms with E-state index >= 15 is 0 Å². The fraction of sp³-hybridized carbons (Fsp3) is 0.583. The molecule has 0 bridgehead atoms. The second-order valence-corrected chi connectivity index (χ2v) is 21.3. The molecular weight excluding hydrogens is 469 g/mol. The Morgan fingerprint density at radius 3 is 2.00 bits per heavy atom. The van der Waals surface area contributed by atoms with Crippen molar-refractivity contribution in [1.29, 1.82) is 0 Å². The van der Waals surface area contributed by atoms with Crippen LogP contribution in [0.5, 0.6) is 5.75 Å². The molecule has 1 aromatic heterocycles. The second kappa shape index (κ2) is 11.8. The first-order chi connectivity index (χ1) is 14.0. The van der Waals surface area contributed by atoms with Gasteiger partial charge in [0.25, 0.3) is 0 Å². The summed E-state index contributed by atoms with van der Waals surface area (Å²) in [5.41, 5.74) is 1.35. The molecule has 0 unspecified atom stereocenters. The molecule has 0 aliphatic rings. The predicted octanol–water partition coefficient (Wildman–Crippen LogP) is 6.09. The number of benzene rings is 1. The Balaban J connectivity index is 2.61. The summed E-state index contributed by atoms with van der Waals surface area (Å²) >= 11 is -2.57. The minimum absolute atomic E-state index is 0.340. The van der Waals surface area contributed by atoms with Crippen LogP contribution in [0, 0.1) is 0 Å². The van der Waals surface area contributed by atoms with E-state index in [1.165, 1.54) is 62.5 Å². The van der Waals surface area contributed by atoms with Crippen molar-refractivity contribution in [2.45, 2.75) is 72.6 Å². The van der Waals surface area contributed by atoms with Gasteiger partial charge in [-0.1, -0.05) is 0 Å². The van der Waals surface area contributed by atoms with E-state index in [0.29, 0.717) is 11.3 Å². The molecule has 0 radical (unpaired) electrons. The van der Waals surface area contributed by atoms with E-state index in [2.05, 4.69) is 33.0 Å². The van der Waals surface area contributed by atoms with E-state index in [-0.39, 0.29) is 5.97 Å². The van der Waals surface area contributed by atoms with Crippen molar-refractivity contribution < 1.29 is 14.3 Å². The van der Waals surface area contributed by atoms with E-state index in [0.717, 1.165) is 10.9 Å². The molecule has 5 heteroatoms. The van der Waals surface area contributed by atoms with Gasteiger partial charge in [0.1, 0.15) is 0 Å². The van der Waals surface area contributed by atoms with Gasteiger partial charge in [-0.25, -0.2) is 0 Å². The van der Waals surface area contributed by atoms with Crippen LogP contribution in [0.4, 0.5) is 0 Å². The number of pyridine rings is 1. The summed E-state index contributed by atoms with van der Waals surface area (Å²) < 4.78 is 16.2. The molecule has 0 amide bonds. The Labute approximate surface area is 180 Å². The Bertz CT molecular complexity index is 784. The van der Waals surface area contributed by atoms with E-state index in [4.69, 9.17) is 14.5 Å². The van der Waals surface area contributed by atoms with Gasteiger partial charge in [0, 0.05) is 0 Å². The minimum atomic E-state index is -2.57. The van der Waals surface area contributed by atoms with Crippen molar-refractivity contribution in [2.75, 3.05) is 14.2 Å². The maximum absolute atomic E-state index is 12.1. The molecule has 1 heterocycles. The van der Waals surface area contributed by atoms with Gasteiger partial charge in [0.2, 0.25) is 0 Å². The van der Waals surface area contributed by atoms with Crippen LogP contribution in [0.1, 0.15) is 69.7 Å². The predicted molar refractivity (Wildman–Crippen MR) is 124 cm³/mol. The number of aromatic nitrogens is 1. The molecule has 0 saturated carbocycles. The number of carbonyl (C=O) groups excluding carboxylic acids is 1. The van der Waals surface area contributed by atoms with E-state index in [1.807, 2.05) is 6.07 Å². The molecule has 29 heavy (non-hydrogen) atoms. The third kappa shape index (κ3) is 5.86. The number of fused-ring (bicyclic) bond motifs is 1. The van der Waals surface area contributed by atoms with Gasteiger partial charge < -0.3 is 0 Å². The summed E-state index contributed by atoms with van der Waals surface area (Å²) in [7, 11) is 3.04. The topological polar surface area (TPSA) is 48.4 Å². The van der Waals surface area contributed by atoms with Gasteiger partial charge in [0.15, 0.2) is 0 Å². The Kier molecular flexibility index (Phi) is 9.73. The van der Waals surface area contributed by atoms with Crippen LogP contribution in [0.15, 0.2) is 24.4 Å². The van der Waals surface area contributed by atoms with Crippen molar-refractivity contribution in [2.24, 2.45) is 0 Å². The monoisotopic (exact) mass is 507 g/mol. The van der Waals surface area contributed by atoms with Crippen molar-refractivity contribution in [1.82, 2.24) is 4.98 Å². The third-order valence-corrected chi connectivity index (χ3v) is 21.5. The zero-order valence-electron chi connectivity index (χ0n) is 18.8. The van der Waals surface area contributed by atoms with Gasteiger partial charge in [-0.05, 0) is 0 Å². The average molecular weight is 506 g/mol. The fourth-order valence-electron chi connectivity index (χ4n) is 4.25. The van der Waals surface area contributed by atoms with Gasteiger partial charge in [-0.3, -0.25) is 0 Å². The molecular formula is C24H37NO3Sn. The second-order valence-electron chi connectivity index (χ2n) is 8.06. The van der Waals surface area contributed by atoms with Gasteiger partial charge >= 0.3 is 181 Å². The molecule has 0 saturated heterocycles. The number of esters is 1. The summed E-state index contributed by atoms with van der Waals surface area (Å²) in [5, 5.41) is 0.993. The molecule has 0 fully saturated rings. The van der Waals surface area contributed by atoms with Crippen LogP contribution in [0.2, 0.25) is 13.3 Å². The molecule has 0 atom stereocenters. The number of hydrogen-bond acceptors (Lipinski definition) is 4. The Hall–Kier alpha value is -1.30. The number of unbranched alkanes of at least 4 members (excludes halogenated alkanes) is 3. The number of methoxy groups -OCH3 is 2. The van der Waals surface area contributed by atoms with Crippen LogP contribution in [0.25, 0.3) is 10.9 Å². The molecule has 1 aromatic carbocycles. The normalized spacial score (nSPS) is 11.6. The summed E-state index contributed by atoms with van der Waals surface area (Å²) in [6.45, 7) is 6.88. The fourth-order valence-corrected chi connectivity index (χ4v) is 20.0. The van der Waals surface area contributed by atoms with E-state index in [1.54, 1.807) is 13.2 Å². The van der Waals surface area contributed by atoms with Crippen molar-refractivity contribution in [3.05, 3.63) is 30.0 Å². The average Bonchev–Trinajstić information content (AvgIpc) is 2.77. The molecule has 4 nitrogen and oxygen atoms in total. The Morgan fingerprint density at radius 1 is 0.931 bits per heavy atom. The van der Waals surface area contributed by atoms with Crippen molar-refractivity contribution in [3.8, 4) is 5.75 Å². The molecule has 0 N–H and O–H groups in total. The van der Waals surface area contributed by atoms with E-state index < -0.39 is 18.4 Å². The number of carbonyl (C=O) groups is 1. The van der Waals surface area contributed by atoms with Gasteiger partial charge in [-0.2, -0.15) is 0 Å². The summed E-state index contributed by atoms with van der Waals surface area (Å²) in [6.07, 6.45) is 9.82. The molecule has 0 aliphatic carbocycles. The first-order valence-corrected chi connectivity index (χ1v) is 18.6. The SMILES string of the molecule is CCC[CH2][Sn]([CH2]CCC)([CH2]CCC)[c]1cnc2c(OC)cc(C(=O)OC)cc2c1. The summed E-state index contributed by atoms with van der Waals surface area (Å²) in [4.78, 5) is 17.0. The maximum atomic E-state index is 12.1. The zero-order valence-corrected chi connectivity index (χ0v) is 21.7. The molecule has 160 valence electrons. The number of rotatable bonds is 12. The van der Waals surface area contributed by atoms with E-state index in [9.17, 15) is 4.79 Å². The number of ether oxygens (including phenoxy) is 2. The van der Waals surface area contributed by atoms with Crippen LogP contribution in [-0.4, -0.2) is 43.5 Å². The van der Waals surface area contributed by atoms with Crippen LogP contribution in [0.3, 0.4) is 0 Å². The molecule has 0 spiro atoms. The van der Waals surface area contributed by atoms with Crippen LogP contribution in [-0.2, 0) is 4.74 Å². The van der Waals surface area contributed by atoms with Gasteiger partial charge in [-0.15, -0.1) is 0 Å². The number of hydrogen-bond donors (Lipinski definition) is 0. The first-order valence-electron chi connectivity index (χ1n) is 11.1. The van der Waals surface area contributed by atoms with Crippen molar-refractivity contribution >= 4 is 38.8 Å². The molecule has 0 aliphatic heterocycles. The first kappa shape index (κ1) is 24.0.